The Morgan fingerprint density at radius 1 is 1.29 bits per heavy atom. The Hall–Kier alpha value is -0.860. The molecule has 2 heteroatoms. The van der Waals surface area contributed by atoms with E-state index in [9.17, 15) is 0 Å². The second kappa shape index (κ2) is 7.46. The van der Waals surface area contributed by atoms with Crippen molar-refractivity contribution in [3.8, 4) is 0 Å². The fraction of sp³-hybridized carbons (Fsp3) is 0.600. The lowest BCUT2D eigenvalue weighted by atomic mass is 10.0. The highest BCUT2D eigenvalue weighted by Crippen LogP contribution is 2.15. The first-order valence-electron chi connectivity index (χ1n) is 6.55. The highest BCUT2D eigenvalue weighted by atomic mass is 16.5. The van der Waals surface area contributed by atoms with Gasteiger partial charge in [0.25, 0.3) is 0 Å². The van der Waals surface area contributed by atoms with Gasteiger partial charge in [-0.1, -0.05) is 36.8 Å². The molecule has 17 heavy (non-hydrogen) atoms. The van der Waals surface area contributed by atoms with Crippen molar-refractivity contribution >= 4 is 0 Å². The lowest BCUT2D eigenvalue weighted by molar-refractivity contribution is 0.0611. The van der Waals surface area contributed by atoms with E-state index in [1.807, 2.05) is 0 Å². The Morgan fingerprint density at radius 2 is 2.06 bits per heavy atom. The van der Waals surface area contributed by atoms with Crippen LogP contribution in [0, 0.1) is 6.92 Å². The molecule has 1 aromatic rings. The van der Waals surface area contributed by atoms with E-state index < -0.39 is 0 Å². The summed E-state index contributed by atoms with van der Waals surface area (Å²) < 4.78 is 5.73. The Bertz CT molecular complexity index is 322. The summed E-state index contributed by atoms with van der Waals surface area (Å²) in [6, 6.07) is 8.95. The van der Waals surface area contributed by atoms with Gasteiger partial charge in [0.1, 0.15) is 0 Å². The van der Waals surface area contributed by atoms with E-state index in [0.717, 1.165) is 19.6 Å². The lowest BCUT2D eigenvalue weighted by Crippen LogP contribution is -2.27. The van der Waals surface area contributed by atoms with Gasteiger partial charge in [0.15, 0.2) is 0 Å². The van der Waals surface area contributed by atoms with E-state index in [4.69, 9.17) is 4.74 Å². The van der Waals surface area contributed by atoms with E-state index in [1.54, 1.807) is 0 Å². The number of rotatable bonds is 7. The SMILES string of the molecule is CCCNC(COC(C)C)c1cccc(C)c1. The largest absolute Gasteiger partial charge is 0.377 e. The lowest BCUT2D eigenvalue weighted by Gasteiger charge is -2.20. The molecule has 2 nitrogen and oxygen atoms in total. The van der Waals surface area contributed by atoms with Crippen LogP contribution >= 0.6 is 0 Å². The molecular weight excluding hydrogens is 210 g/mol. The van der Waals surface area contributed by atoms with Crippen molar-refractivity contribution in [2.24, 2.45) is 0 Å². The molecular formula is C15H25NO. The maximum Gasteiger partial charge on any atom is 0.0664 e. The van der Waals surface area contributed by atoms with Crippen molar-refractivity contribution in [3.05, 3.63) is 35.4 Å². The zero-order chi connectivity index (χ0) is 12.7. The van der Waals surface area contributed by atoms with Crippen molar-refractivity contribution in [1.82, 2.24) is 5.32 Å². The molecule has 0 heterocycles. The summed E-state index contributed by atoms with van der Waals surface area (Å²) in [6.07, 6.45) is 1.43. The van der Waals surface area contributed by atoms with Crippen molar-refractivity contribution < 1.29 is 4.74 Å². The molecule has 0 saturated heterocycles. The maximum atomic E-state index is 5.73. The zero-order valence-electron chi connectivity index (χ0n) is 11.5. The van der Waals surface area contributed by atoms with Gasteiger partial charge < -0.3 is 10.1 Å². The molecule has 0 aliphatic rings. The molecule has 0 spiro atoms. The fourth-order valence-corrected chi connectivity index (χ4v) is 1.77. The van der Waals surface area contributed by atoms with E-state index in [0.29, 0.717) is 6.04 Å². The van der Waals surface area contributed by atoms with Crippen LogP contribution in [-0.4, -0.2) is 19.3 Å². The summed E-state index contributed by atoms with van der Waals surface area (Å²) in [5, 5.41) is 3.54. The molecule has 0 fully saturated rings. The first kappa shape index (κ1) is 14.2. The first-order valence-corrected chi connectivity index (χ1v) is 6.55. The number of hydrogen-bond donors (Lipinski definition) is 1. The van der Waals surface area contributed by atoms with Crippen molar-refractivity contribution in [2.45, 2.75) is 46.3 Å². The Morgan fingerprint density at radius 3 is 2.65 bits per heavy atom. The monoisotopic (exact) mass is 235 g/mol. The van der Waals surface area contributed by atoms with E-state index in [1.165, 1.54) is 11.1 Å². The standard InChI is InChI=1S/C15H25NO/c1-5-9-16-15(11-17-12(2)3)14-8-6-7-13(4)10-14/h6-8,10,12,15-16H,5,9,11H2,1-4H3. The molecule has 1 atom stereocenters. The number of aryl methyl sites for hydroxylation is 1. The van der Waals surface area contributed by atoms with Crippen LogP contribution in [0.3, 0.4) is 0 Å². The van der Waals surface area contributed by atoms with E-state index in [2.05, 4.69) is 57.3 Å². The summed E-state index contributed by atoms with van der Waals surface area (Å²) in [4.78, 5) is 0. The van der Waals surface area contributed by atoms with E-state index in [-0.39, 0.29) is 6.10 Å². The highest BCUT2D eigenvalue weighted by Gasteiger charge is 2.11. The van der Waals surface area contributed by atoms with Gasteiger partial charge >= 0.3 is 0 Å². The van der Waals surface area contributed by atoms with Crippen molar-refractivity contribution in [3.63, 3.8) is 0 Å². The summed E-state index contributed by atoms with van der Waals surface area (Å²) in [5.41, 5.74) is 2.62. The molecule has 1 N–H and O–H groups in total. The predicted molar refractivity (Wildman–Crippen MR) is 73.3 cm³/mol. The molecule has 0 radical (unpaired) electrons. The van der Waals surface area contributed by atoms with Crippen LogP contribution in [0.25, 0.3) is 0 Å². The second-order valence-electron chi connectivity index (χ2n) is 4.80. The fourth-order valence-electron chi connectivity index (χ4n) is 1.77. The van der Waals surface area contributed by atoms with Gasteiger partial charge in [-0.15, -0.1) is 0 Å². The van der Waals surface area contributed by atoms with Gasteiger partial charge in [-0.25, -0.2) is 0 Å². The third kappa shape index (κ3) is 5.33. The van der Waals surface area contributed by atoms with Gasteiger partial charge in [0.2, 0.25) is 0 Å². The highest BCUT2D eigenvalue weighted by molar-refractivity contribution is 5.25. The minimum Gasteiger partial charge on any atom is -0.377 e. The van der Waals surface area contributed by atoms with Gasteiger partial charge in [-0.3, -0.25) is 0 Å². The molecule has 0 bridgehead atoms. The molecule has 0 saturated carbocycles. The van der Waals surface area contributed by atoms with Crippen LogP contribution in [0.2, 0.25) is 0 Å². The Labute approximate surface area is 105 Å². The molecule has 0 aliphatic carbocycles. The van der Waals surface area contributed by atoms with Crippen LogP contribution in [0.5, 0.6) is 0 Å². The second-order valence-corrected chi connectivity index (χ2v) is 4.80. The average Bonchev–Trinajstić information content (AvgIpc) is 2.29. The van der Waals surface area contributed by atoms with Crippen LogP contribution in [0.4, 0.5) is 0 Å². The number of ether oxygens (including phenoxy) is 1. The van der Waals surface area contributed by atoms with Gasteiger partial charge in [0.05, 0.1) is 18.8 Å². The van der Waals surface area contributed by atoms with Gasteiger partial charge in [-0.05, 0) is 39.3 Å². The smallest absolute Gasteiger partial charge is 0.0664 e. The summed E-state index contributed by atoms with van der Waals surface area (Å²) >= 11 is 0. The Kier molecular flexibility index (Phi) is 6.23. The number of nitrogens with one attached hydrogen (secondary N) is 1. The van der Waals surface area contributed by atoms with Crippen molar-refractivity contribution in [2.75, 3.05) is 13.2 Å². The van der Waals surface area contributed by atoms with Crippen LogP contribution in [0.15, 0.2) is 24.3 Å². The quantitative estimate of drug-likeness (QED) is 0.781. The molecule has 1 unspecified atom stereocenters. The van der Waals surface area contributed by atoms with Crippen LogP contribution in [0.1, 0.15) is 44.4 Å². The normalized spacial score (nSPS) is 13.0. The zero-order valence-corrected chi connectivity index (χ0v) is 11.5. The average molecular weight is 235 g/mol. The molecule has 0 aliphatic heterocycles. The minimum atomic E-state index is 0.283. The first-order chi connectivity index (χ1) is 8.13. The van der Waals surface area contributed by atoms with E-state index >= 15 is 0 Å². The molecule has 96 valence electrons. The van der Waals surface area contributed by atoms with Crippen LogP contribution < -0.4 is 5.32 Å². The molecule has 1 aromatic carbocycles. The third-order valence-corrected chi connectivity index (χ3v) is 2.68. The number of hydrogen-bond acceptors (Lipinski definition) is 2. The summed E-state index contributed by atoms with van der Waals surface area (Å²) in [5.74, 6) is 0. The minimum absolute atomic E-state index is 0.283. The summed E-state index contributed by atoms with van der Waals surface area (Å²) in [7, 11) is 0. The van der Waals surface area contributed by atoms with Crippen LogP contribution in [-0.2, 0) is 4.74 Å². The molecule has 0 amide bonds. The maximum absolute atomic E-state index is 5.73. The third-order valence-electron chi connectivity index (χ3n) is 2.68. The molecule has 0 aromatic heterocycles. The van der Waals surface area contributed by atoms with Gasteiger partial charge in [-0.2, -0.15) is 0 Å². The van der Waals surface area contributed by atoms with Gasteiger partial charge in [0, 0.05) is 0 Å². The number of benzene rings is 1. The van der Waals surface area contributed by atoms with Crippen molar-refractivity contribution in [1.29, 1.82) is 0 Å². The molecule has 1 rings (SSSR count). The topological polar surface area (TPSA) is 21.3 Å². The Balaban J connectivity index is 2.67. The summed E-state index contributed by atoms with van der Waals surface area (Å²) in [6.45, 7) is 10.2. The predicted octanol–water partition coefficient (Wildman–Crippen LogP) is 3.46.